The van der Waals surface area contributed by atoms with Crippen LogP contribution in [0.1, 0.15) is 43.8 Å². The first-order valence-electron chi connectivity index (χ1n) is 7.62. The Kier molecular flexibility index (Phi) is 9.01. The molecule has 0 radical (unpaired) electrons. The van der Waals surface area contributed by atoms with Gasteiger partial charge in [-0.25, -0.2) is 4.98 Å². The molecular weight excluding hydrogens is 284 g/mol. The van der Waals surface area contributed by atoms with E-state index in [9.17, 15) is 0 Å². The Hall–Kier alpha value is -1.14. The van der Waals surface area contributed by atoms with Gasteiger partial charge in [0.05, 0.1) is 10.7 Å². The molecule has 0 spiro atoms. The van der Waals surface area contributed by atoms with Crippen LogP contribution in [0.15, 0.2) is 10.4 Å². The van der Waals surface area contributed by atoms with E-state index < -0.39 is 0 Å². The van der Waals surface area contributed by atoms with Crippen LogP contribution in [0, 0.1) is 0 Å². The summed E-state index contributed by atoms with van der Waals surface area (Å²) in [5.41, 5.74) is 1.16. The molecule has 1 rings (SSSR count). The fourth-order valence-corrected chi connectivity index (χ4v) is 2.62. The second-order valence-electron chi connectivity index (χ2n) is 5.12. The van der Waals surface area contributed by atoms with Crippen LogP contribution < -0.4 is 10.6 Å². The second kappa shape index (κ2) is 10.6. The number of guanidine groups is 1. The third-order valence-corrected chi connectivity index (χ3v) is 4.05. The van der Waals surface area contributed by atoms with Gasteiger partial charge in [-0.15, -0.1) is 11.3 Å². The maximum atomic E-state index is 5.03. The van der Waals surface area contributed by atoms with Crippen molar-refractivity contribution in [3.05, 3.63) is 16.1 Å². The average molecular weight is 312 g/mol. The molecule has 5 nitrogen and oxygen atoms in total. The number of aliphatic imine (C=N–C) groups is 1. The third kappa shape index (κ3) is 7.43. The zero-order valence-corrected chi connectivity index (χ0v) is 14.4. The molecule has 0 saturated carbocycles. The largest absolute Gasteiger partial charge is 0.385 e. The number of hydrogen-bond acceptors (Lipinski definition) is 4. The van der Waals surface area contributed by atoms with Crippen LogP contribution in [0.2, 0.25) is 0 Å². The molecule has 0 aliphatic rings. The van der Waals surface area contributed by atoms with Gasteiger partial charge in [0, 0.05) is 51.1 Å². The Bertz CT molecular complexity index is 418. The Balaban J connectivity index is 2.34. The van der Waals surface area contributed by atoms with E-state index in [0.29, 0.717) is 5.92 Å². The van der Waals surface area contributed by atoms with Crippen molar-refractivity contribution in [1.82, 2.24) is 15.6 Å². The zero-order chi connectivity index (χ0) is 15.5. The lowest BCUT2D eigenvalue weighted by atomic mass is 10.2. The van der Waals surface area contributed by atoms with Gasteiger partial charge in [-0.1, -0.05) is 13.8 Å². The van der Waals surface area contributed by atoms with Crippen LogP contribution in [-0.4, -0.2) is 44.3 Å². The Morgan fingerprint density at radius 1 is 1.43 bits per heavy atom. The number of nitrogens with zero attached hydrogens (tertiary/aromatic N) is 2. The molecule has 21 heavy (non-hydrogen) atoms. The monoisotopic (exact) mass is 312 g/mol. The molecule has 0 aliphatic heterocycles. The summed E-state index contributed by atoms with van der Waals surface area (Å²) in [7, 11) is 1.71. The molecule has 0 saturated heterocycles. The molecule has 1 heterocycles. The number of nitrogens with one attached hydrogen (secondary N) is 2. The molecule has 0 unspecified atom stereocenters. The lowest BCUT2D eigenvalue weighted by molar-refractivity contribution is 0.197. The minimum Gasteiger partial charge on any atom is -0.385 e. The average Bonchev–Trinajstić information content (AvgIpc) is 2.92. The number of rotatable bonds is 9. The van der Waals surface area contributed by atoms with Gasteiger partial charge >= 0.3 is 0 Å². The highest BCUT2D eigenvalue weighted by atomic mass is 32.1. The maximum absolute atomic E-state index is 5.03. The molecule has 0 aromatic carbocycles. The summed E-state index contributed by atoms with van der Waals surface area (Å²) in [5, 5.41) is 9.96. The molecule has 2 N–H and O–H groups in total. The Labute approximate surface area is 132 Å². The predicted molar refractivity (Wildman–Crippen MR) is 90.4 cm³/mol. The van der Waals surface area contributed by atoms with Crippen molar-refractivity contribution in [3.63, 3.8) is 0 Å². The number of thiazole rings is 1. The summed E-state index contributed by atoms with van der Waals surface area (Å²) < 4.78 is 5.03. The van der Waals surface area contributed by atoms with Crippen molar-refractivity contribution >= 4 is 17.3 Å². The quantitative estimate of drug-likeness (QED) is 0.418. The summed E-state index contributed by atoms with van der Waals surface area (Å²) >= 11 is 1.75. The van der Waals surface area contributed by atoms with Crippen LogP contribution >= 0.6 is 11.3 Å². The predicted octanol–water partition coefficient (Wildman–Crippen LogP) is 2.40. The second-order valence-corrected chi connectivity index (χ2v) is 6.01. The Morgan fingerprint density at radius 3 is 2.86 bits per heavy atom. The number of methoxy groups -OCH3 is 1. The normalized spacial score (nSPS) is 12.0. The number of ether oxygens (including phenoxy) is 1. The minimum atomic E-state index is 0.511. The van der Waals surface area contributed by atoms with Gasteiger partial charge in [0.25, 0.3) is 0 Å². The van der Waals surface area contributed by atoms with E-state index >= 15 is 0 Å². The van der Waals surface area contributed by atoms with E-state index in [1.165, 1.54) is 5.01 Å². The smallest absolute Gasteiger partial charge is 0.191 e. The summed E-state index contributed by atoms with van der Waals surface area (Å²) in [5.74, 6) is 1.38. The lowest BCUT2D eigenvalue weighted by Crippen LogP contribution is -2.38. The molecule has 120 valence electrons. The van der Waals surface area contributed by atoms with Crippen LogP contribution in [-0.2, 0) is 11.2 Å². The van der Waals surface area contributed by atoms with Crippen molar-refractivity contribution in [2.24, 2.45) is 4.99 Å². The molecule has 0 fully saturated rings. The summed E-state index contributed by atoms with van der Waals surface area (Å²) in [6.07, 6.45) is 1.86. The molecule has 0 atom stereocenters. The molecular formula is C15H28N4OS. The topological polar surface area (TPSA) is 58.5 Å². The molecule has 0 aliphatic carbocycles. The number of aromatic nitrogens is 1. The van der Waals surface area contributed by atoms with Crippen molar-refractivity contribution in [2.45, 2.75) is 39.5 Å². The fourth-order valence-electron chi connectivity index (χ4n) is 1.75. The van der Waals surface area contributed by atoms with Crippen molar-refractivity contribution < 1.29 is 4.74 Å². The van der Waals surface area contributed by atoms with Gasteiger partial charge in [0.1, 0.15) is 0 Å². The summed E-state index contributed by atoms with van der Waals surface area (Å²) in [6.45, 7) is 9.66. The number of hydrogen-bond donors (Lipinski definition) is 2. The van der Waals surface area contributed by atoms with E-state index in [-0.39, 0.29) is 0 Å². The fraction of sp³-hybridized carbons (Fsp3) is 0.733. The lowest BCUT2D eigenvalue weighted by Gasteiger charge is -2.10. The highest BCUT2D eigenvalue weighted by Crippen LogP contribution is 2.19. The van der Waals surface area contributed by atoms with Crippen molar-refractivity contribution in [3.8, 4) is 0 Å². The van der Waals surface area contributed by atoms with Gasteiger partial charge in [-0.05, 0) is 13.3 Å². The van der Waals surface area contributed by atoms with Crippen LogP contribution in [0.3, 0.4) is 0 Å². The third-order valence-electron chi connectivity index (χ3n) is 2.86. The SMILES string of the molecule is CCNC(=NCCCOC)NCCc1csc(C(C)C)n1. The first-order valence-corrected chi connectivity index (χ1v) is 8.50. The zero-order valence-electron chi connectivity index (χ0n) is 13.6. The van der Waals surface area contributed by atoms with E-state index in [2.05, 4.69) is 46.8 Å². The van der Waals surface area contributed by atoms with Gasteiger partial charge < -0.3 is 15.4 Å². The molecule has 6 heteroatoms. The standard InChI is InChI=1S/C15H28N4OS/c1-5-16-15(17-8-6-10-20-4)18-9-7-13-11-21-14(19-13)12(2)3/h11-12H,5-10H2,1-4H3,(H2,16,17,18). The van der Waals surface area contributed by atoms with Gasteiger partial charge in [-0.3, -0.25) is 4.99 Å². The van der Waals surface area contributed by atoms with Gasteiger partial charge in [0.2, 0.25) is 0 Å². The maximum Gasteiger partial charge on any atom is 0.191 e. The van der Waals surface area contributed by atoms with Crippen LogP contribution in [0.25, 0.3) is 0 Å². The van der Waals surface area contributed by atoms with Crippen LogP contribution in [0.5, 0.6) is 0 Å². The molecule has 1 aromatic rings. The first-order chi connectivity index (χ1) is 10.2. The van der Waals surface area contributed by atoms with Gasteiger partial charge in [-0.2, -0.15) is 0 Å². The first kappa shape index (κ1) is 17.9. The van der Waals surface area contributed by atoms with E-state index in [0.717, 1.165) is 50.7 Å². The van der Waals surface area contributed by atoms with E-state index in [1.807, 2.05) is 0 Å². The molecule has 1 aromatic heterocycles. The highest BCUT2D eigenvalue weighted by Gasteiger charge is 2.05. The highest BCUT2D eigenvalue weighted by molar-refractivity contribution is 7.09. The van der Waals surface area contributed by atoms with Gasteiger partial charge in [0.15, 0.2) is 5.96 Å². The minimum absolute atomic E-state index is 0.511. The van der Waals surface area contributed by atoms with Crippen LogP contribution in [0.4, 0.5) is 0 Å². The Morgan fingerprint density at radius 2 is 2.24 bits per heavy atom. The van der Waals surface area contributed by atoms with E-state index in [1.54, 1.807) is 18.4 Å². The summed E-state index contributed by atoms with van der Waals surface area (Å²) in [4.78, 5) is 9.15. The van der Waals surface area contributed by atoms with Crippen molar-refractivity contribution in [1.29, 1.82) is 0 Å². The molecule has 0 amide bonds. The van der Waals surface area contributed by atoms with Crippen molar-refractivity contribution in [2.75, 3.05) is 33.4 Å². The summed E-state index contributed by atoms with van der Waals surface area (Å²) in [6, 6.07) is 0. The molecule has 0 bridgehead atoms. The van der Waals surface area contributed by atoms with E-state index in [4.69, 9.17) is 4.74 Å².